The average molecular weight is 399 g/mol. The highest BCUT2D eigenvalue weighted by Crippen LogP contribution is 2.36. The third kappa shape index (κ3) is 3.38. The van der Waals surface area contributed by atoms with Gasteiger partial charge < -0.3 is 10.3 Å². The van der Waals surface area contributed by atoms with Gasteiger partial charge in [-0.25, -0.2) is 8.42 Å². The Labute approximate surface area is 158 Å². The summed E-state index contributed by atoms with van der Waals surface area (Å²) in [6.45, 7) is 4.29. The third-order valence-electron chi connectivity index (χ3n) is 4.87. The first-order valence-corrected chi connectivity index (χ1v) is 10.6. The molecule has 1 aliphatic rings. The van der Waals surface area contributed by atoms with Crippen molar-refractivity contribution in [1.29, 1.82) is 0 Å². The fourth-order valence-electron chi connectivity index (χ4n) is 3.31. The fraction of sp³-hybridized carbons (Fsp3) is 0.529. The predicted molar refractivity (Wildman–Crippen MR) is 99.2 cm³/mol. The van der Waals surface area contributed by atoms with Crippen molar-refractivity contribution in [2.75, 3.05) is 13.1 Å². The lowest BCUT2D eigenvalue weighted by molar-refractivity contribution is 0.372. The van der Waals surface area contributed by atoms with Gasteiger partial charge in [-0.1, -0.05) is 43.4 Å². The van der Waals surface area contributed by atoms with Crippen LogP contribution in [0.2, 0.25) is 5.02 Å². The summed E-state index contributed by atoms with van der Waals surface area (Å²) in [6.07, 6.45) is 3.70. The normalized spacial score (nSPS) is 17.1. The molecule has 1 aromatic carbocycles. The molecule has 1 heterocycles. The maximum atomic E-state index is 12.8. The minimum absolute atomic E-state index is 0.0310. The van der Waals surface area contributed by atoms with Crippen LogP contribution in [0, 0.1) is 0 Å². The Morgan fingerprint density at radius 3 is 2.54 bits per heavy atom. The first-order valence-electron chi connectivity index (χ1n) is 8.75. The predicted octanol–water partition coefficient (Wildman–Crippen LogP) is 3.15. The molecule has 142 valence electrons. The molecule has 0 spiro atoms. The van der Waals surface area contributed by atoms with Crippen LogP contribution in [0.25, 0.3) is 11.5 Å². The summed E-state index contributed by atoms with van der Waals surface area (Å²) < 4.78 is 32.3. The minimum Gasteiger partial charge on any atom is -0.334 e. The Morgan fingerprint density at radius 1 is 1.27 bits per heavy atom. The van der Waals surface area contributed by atoms with E-state index in [4.69, 9.17) is 21.9 Å². The summed E-state index contributed by atoms with van der Waals surface area (Å²) in [5.74, 6) is 0.706. The van der Waals surface area contributed by atoms with E-state index in [0.29, 0.717) is 24.5 Å². The third-order valence-corrected chi connectivity index (χ3v) is 7.40. The summed E-state index contributed by atoms with van der Waals surface area (Å²) in [5.41, 5.74) is 6.30. The number of hydrogen-bond donors (Lipinski definition) is 1. The second-order valence-corrected chi connectivity index (χ2v) is 8.83. The molecular weight excluding hydrogens is 376 g/mol. The fourth-order valence-corrected chi connectivity index (χ4v) is 5.27. The summed E-state index contributed by atoms with van der Waals surface area (Å²) >= 11 is 6.16. The zero-order chi connectivity index (χ0) is 18.9. The lowest BCUT2D eigenvalue weighted by Gasteiger charge is -2.19. The van der Waals surface area contributed by atoms with Crippen LogP contribution in [0.15, 0.2) is 27.6 Å². The minimum atomic E-state index is -3.70. The van der Waals surface area contributed by atoms with Crippen molar-refractivity contribution in [2.24, 2.45) is 5.73 Å². The number of rotatable bonds is 6. The Balaban J connectivity index is 2.00. The van der Waals surface area contributed by atoms with E-state index in [1.807, 2.05) is 0 Å². The lowest BCUT2D eigenvalue weighted by Crippen LogP contribution is -2.34. The van der Waals surface area contributed by atoms with E-state index < -0.39 is 15.6 Å². The van der Waals surface area contributed by atoms with E-state index in [1.165, 1.54) is 16.4 Å². The van der Waals surface area contributed by atoms with E-state index in [9.17, 15) is 8.42 Å². The van der Waals surface area contributed by atoms with E-state index in [0.717, 1.165) is 25.7 Å². The zero-order valence-corrected chi connectivity index (χ0v) is 16.5. The number of benzene rings is 1. The van der Waals surface area contributed by atoms with Gasteiger partial charge in [0.05, 0.1) is 10.6 Å². The van der Waals surface area contributed by atoms with Crippen LogP contribution >= 0.6 is 11.6 Å². The first kappa shape index (κ1) is 19.3. The van der Waals surface area contributed by atoms with Crippen molar-refractivity contribution >= 4 is 21.6 Å². The van der Waals surface area contributed by atoms with Crippen LogP contribution in [0.1, 0.15) is 45.4 Å². The Kier molecular flexibility index (Phi) is 5.39. The van der Waals surface area contributed by atoms with Gasteiger partial charge in [-0.3, -0.25) is 0 Å². The summed E-state index contributed by atoms with van der Waals surface area (Å²) in [6, 6.07) is 4.68. The number of sulfonamides is 1. The maximum Gasteiger partial charge on any atom is 0.258 e. The molecule has 26 heavy (non-hydrogen) atoms. The van der Waals surface area contributed by atoms with Crippen molar-refractivity contribution < 1.29 is 12.9 Å². The molecule has 2 N–H and O–H groups in total. The Morgan fingerprint density at radius 2 is 1.92 bits per heavy atom. The maximum absolute atomic E-state index is 12.8. The van der Waals surface area contributed by atoms with Crippen molar-refractivity contribution in [1.82, 2.24) is 14.4 Å². The Hall–Kier alpha value is -1.48. The molecule has 3 rings (SSSR count). The van der Waals surface area contributed by atoms with Crippen LogP contribution in [0.3, 0.4) is 0 Å². The van der Waals surface area contributed by atoms with Gasteiger partial charge >= 0.3 is 0 Å². The molecule has 0 saturated heterocycles. The smallest absolute Gasteiger partial charge is 0.258 e. The van der Waals surface area contributed by atoms with Gasteiger partial charge in [0.15, 0.2) is 5.82 Å². The topological polar surface area (TPSA) is 102 Å². The first-order chi connectivity index (χ1) is 12.3. The number of nitrogens with zero attached hydrogens (tertiary/aromatic N) is 3. The molecule has 0 bridgehead atoms. The highest BCUT2D eigenvalue weighted by atomic mass is 35.5. The molecule has 9 heteroatoms. The van der Waals surface area contributed by atoms with Crippen LogP contribution in [0.5, 0.6) is 0 Å². The number of aromatic nitrogens is 2. The standard InChI is InChI=1S/C17H23ClN4O3S/c1-3-22(4-2)26(23,24)14-11-12(7-8-13(14)18)15-20-16(21-25-15)17(19)9-5-6-10-17/h7-8,11H,3-6,9-10,19H2,1-2H3. The second kappa shape index (κ2) is 7.26. The second-order valence-electron chi connectivity index (χ2n) is 6.52. The quantitative estimate of drug-likeness (QED) is 0.801. The van der Waals surface area contributed by atoms with Crippen molar-refractivity contribution in [3.63, 3.8) is 0 Å². The lowest BCUT2D eigenvalue weighted by atomic mass is 9.99. The molecule has 0 aliphatic heterocycles. The highest BCUT2D eigenvalue weighted by molar-refractivity contribution is 7.89. The van der Waals surface area contributed by atoms with E-state index in [-0.39, 0.29) is 15.8 Å². The van der Waals surface area contributed by atoms with E-state index >= 15 is 0 Å². The zero-order valence-electron chi connectivity index (χ0n) is 14.9. The monoisotopic (exact) mass is 398 g/mol. The average Bonchev–Trinajstić information content (AvgIpc) is 3.26. The molecule has 1 fully saturated rings. The molecule has 0 radical (unpaired) electrons. The van der Waals surface area contributed by atoms with Gasteiger partial charge in [-0.2, -0.15) is 9.29 Å². The molecule has 1 saturated carbocycles. The van der Waals surface area contributed by atoms with E-state index in [2.05, 4.69) is 10.1 Å². The molecule has 0 atom stereocenters. The SMILES string of the molecule is CCN(CC)S(=O)(=O)c1cc(-c2nc(C3(N)CCCC3)no2)ccc1Cl. The summed E-state index contributed by atoms with van der Waals surface area (Å²) in [5, 5.41) is 4.18. The van der Waals surface area contributed by atoms with Gasteiger partial charge in [0.2, 0.25) is 10.0 Å². The van der Waals surface area contributed by atoms with Crippen molar-refractivity contribution in [3.8, 4) is 11.5 Å². The number of halogens is 1. The van der Waals surface area contributed by atoms with Crippen LogP contribution in [-0.2, 0) is 15.6 Å². The number of nitrogens with two attached hydrogens (primary N) is 1. The molecule has 2 aromatic rings. The van der Waals surface area contributed by atoms with E-state index in [1.54, 1.807) is 19.9 Å². The summed E-state index contributed by atoms with van der Waals surface area (Å²) in [7, 11) is -3.70. The van der Waals surface area contributed by atoms with Crippen molar-refractivity contribution in [3.05, 3.63) is 29.0 Å². The molecular formula is C17H23ClN4O3S. The van der Waals surface area contributed by atoms with Crippen LogP contribution in [0.4, 0.5) is 0 Å². The molecule has 0 amide bonds. The van der Waals surface area contributed by atoms with Gasteiger partial charge in [0.25, 0.3) is 5.89 Å². The Bertz CT molecular complexity index is 887. The van der Waals surface area contributed by atoms with Crippen LogP contribution in [-0.4, -0.2) is 36.0 Å². The number of hydrogen-bond acceptors (Lipinski definition) is 6. The largest absolute Gasteiger partial charge is 0.334 e. The van der Waals surface area contributed by atoms with Crippen molar-refractivity contribution in [2.45, 2.75) is 50.0 Å². The van der Waals surface area contributed by atoms with Gasteiger partial charge in [0.1, 0.15) is 4.90 Å². The molecule has 1 aliphatic carbocycles. The molecule has 0 unspecified atom stereocenters. The molecule has 1 aromatic heterocycles. The highest BCUT2D eigenvalue weighted by Gasteiger charge is 2.36. The van der Waals surface area contributed by atoms with Gasteiger partial charge in [-0.05, 0) is 31.0 Å². The van der Waals surface area contributed by atoms with Crippen LogP contribution < -0.4 is 5.73 Å². The molecule has 7 nitrogen and oxygen atoms in total. The van der Waals surface area contributed by atoms with Gasteiger partial charge in [-0.15, -0.1) is 0 Å². The summed E-state index contributed by atoms with van der Waals surface area (Å²) in [4.78, 5) is 4.45. The van der Waals surface area contributed by atoms with Gasteiger partial charge in [0, 0.05) is 18.7 Å².